The lowest BCUT2D eigenvalue weighted by molar-refractivity contribution is 0.186. The molecule has 3 rings (SSSR count). The topological polar surface area (TPSA) is 97.4 Å². The number of rotatable bonds is 8. The molecule has 1 fully saturated rings. The van der Waals surface area contributed by atoms with Crippen LogP contribution >= 0.6 is 0 Å². The molecule has 2 N–H and O–H groups in total. The van der Waals surface area contributed by atoms with Crippen molar-refractivity contribution in [2.24, 2.45) is 5.92 Å². The van der Waals surface area contributed by atoms with E-state index in [0.717, 1.165) is 25.5 Å². The third-order valence-corrected chi connectivity index (χ3v) is 5.76. The lowest BCUT2D eigenvalue weighted by Crippen LogP contribution is -2.46. The van der Waals surface area contributed by atoms with Crippen molar-refractivity contribution in [2.75, 3.05) is 18.7 Å². The van der Waals surface area contributed by atoms with Crippen LogP contribution in [0.15, 0.2) is 42.7 Å². The first kappa shape index (κ1) is 21.2. The van der Waals surface area contributed by atoms with Crippen LogP contribution in [0.25, 0.3) is 0 Å². The van der Waals surface area contributed by atoms with Crippen molar-refractivity contribution in [3.63, 3.8) is 0 Å². The molecule has 1 saturated carbocycles. The van der Waals surface area contributed by atoms with Gasteiger partial charge in [0.05, 0.1) is 24.6 Å². The van der Waals surface area contributed by atoms with Crippen molar-refractivity contribution in [1.29, 1.82) is 0 Å². The van der Waals surface area contributed by atoms with Gasteiger partial charge < -0.3 is 4.74 Å². The normalized spacial score (nSPS) is 16.1. The molecule has 0 saturated heterocycles. The maximum atomic E-state index is 14.3. The Hall–Kier alpha value is -2.52. The first-order chi connectivity index (χ1) is 13.7. The van der Waals surface area contributed by atoms with Crippen LogP contribution in [0.5, 0.6) is 0 Å². The summed E-state index contributed by atoms with van der Waals surface area (Å²) in [4.78, 5) is 15.6. The first-order valence-electron chi connectivity index (χ1n) is 9.28. The monoisotopic (exact) mass is 421 g/mol. The average Bonchev–Trinajstić information content (AvgIpc) is 3.51. The summed E-state index contributed by atoms with van der Waals surface area (Å²) in [5, 5.41) is 2.34. The van der Waals surface area contributed by atoms with Crippen LogP contribution in [0, 0.1) is 11.7 Å². The van der Waals surface area contributed by atoms with Crippen molar-refractivity contribution in [2.45, 2.75) is 31.2 Å². The number of hydrogen-bond acceptors (Lipinski definition) is 5. The standard InChI is InChI=1S/C20H24FN3O4S/c1-28-19(25)23-18-13-16(5-6-17(18)21)20(24-29(2,26)27,10-7-14-3-4-14)15-8-11-22-12-9-15/h5-6,8-9,11-14,24H,3-4,7,10H2,1-2H3,(H,23,25). The molecule has 0 bridgehead atoms. The summed E-state index contributed by atoms with van der Waals surface area (Å²) in [5.74, 6) is -0.102. The fourth-order valence-electron chi connectivity index (χ4n) is 3.45. The summed E-state index contributed by atoms with van der Waals surface area (Å²) in [6, 6.07) is 7.66. The Balaban J connectivity index is 2.14. The summed E-state index contributed by atoms with van der Waals surface area (Å²) < 4.78 is 46.3. The number of amides is 1. The number of hydrogen-bond donors (Lipinski definition) is 2. The molecule has 2 aromatic rings. The molecule has 29 heavy (non-hydrogen) atoms. The van der Waals surface area contributed by atoms with Crippen LogP contribution in [-0.4, -0.2) is 32.9 Å². The number of nitrogens with one attached hydrogen (secondary N) is 2. The first-order valence-corrected chi connectivity index (χ1v) is 11.2. The number of pyridine rings is 1. The van der Waals surface area contributed by atoms with Crippen molar-refractivity contribution in [1.82, 2.24) is 9.71 Å². The van der Waals surface area contributed by atoms with E-state index in [9.17, 15) is 17.6 Å². The van der Waals surface area contributed by atoms with Crippen LogP contribution in [0.3, 0.4) is 0 Å². The van der Waals surface area contributed by atoms with E-state index in [1.54, 1.807) is 24.5 Å². The van der Waals surface area contributed by atoms with Crippen molar-refractivity contribution < 1.29 is 22.3 Å². The molecule has 1 heterocycles. The molecule has 1 amide bonds. The van der Waals surface area contributed by atoms with E-state index in [2.05, 4.69) is 19.8 Å². The van der Waals surface area contributed by atoms with E-state index in [1.807, 2.05) is 0 Å². The number of methoxy groups -OCH3 is 1. The van der Waals surface area contributed by atoms with Gasteiger partial charge >= 0.3 is 6.09 Å². The van der Waals surface area contributed by atoms with Gasteiger partial charge in [0, 0.05) is 12.4 Å². The largest absolute Gasteiger partial charge is 0.453 e. The van der Waals surface area contributed by atoms with Crippen LogP contribution in [-0.2, 0) is 20.3 Å². The van der Waals surface area contributed by atoms with E-state index in [-0.39, 0.29) is 5.69 Å². The summed E-state index contributed by atoms with van der Waals surface area (Å²) >= 11 is 0. The number of carbonyl (C=O) groups is 1. The molecule has 7 nitrogen and oxygen atoms in total. The van der Waals surface area contributed by atoms with E-state index in [1.165, 1.54) is 25.3 Å². The van der Waals surface area contributed by atoms with Crippen LogP contribution in [0.2, 0.25) is 0 Å². The highest BCUT2D eigenvalue weighted by Crippen LogP contribution is 2.42. The molecule has 1 atom stereocenters. The van der Waals surface area contributed by atoms with Gasteiger partial charge in [-0.2, -0.15) is 0 Å². The van der Waals surface area contributed by atoms with Crippen LogP contribution < -0.4 is 10.0 Å². The molecule has 9 heteroatoms. The van der Waals surface area contributed by atoms with Crippen molar-refractivity contribution in [3.05, 3.63) is 59.7 Å². The molecule has 1 unspecified atom stereocenters. The summed E-state index contributed by atoms with van der Waals surface area (Å²) in [5.41, 5.74) is -0.00870. The molecular weight excluding hydrogens is 397 g/mol. The second-order valence-electron chi connectivity index (χ2n) is 7.31. The molecule has 0 spiro atoms. The van der Waals surface area contributed by atoms with E-state index in [0.29, 0.717) is 23.5 Å². The van der Waals surface area contributed by atoms with Gasteiger partial charge in [0.25, 0.3) is 0 Å². The Bertz CT molecular complexity index is 980. The number of ether oxygens (including phenoxy) is 1. The van der Waals surface area contributed by atoms with Gasteiger partial charge in [-0.1, -0.05) is 18.9 Å². The Morgan fingerprint density at radius 2 is 1.93 bits per heavy atom. The molecule has 156 valence electrons. The highest BCUT2D eigenvalue weighted by Gasteiger charge is 2.39. The minimum absolute atomic E-state index is 0.0884. The van der Waals surface area contributed by atoms with Gasteiger partial charge in [-0.05, 0) is 54.2 Å². The van der Waals surface area contributed by atoms with Gasteiger partial charge in [0.15, 0.2) is 0 Å². The Labute approximate surface area is 169 Å². The number of anilines is 1. The number of sulfonamides is 1. The highest BCUT2D eigenvalue weighted by molar-refractivity contribution is 7.88. The molecule has 0 aliphatic heterocycles. The van der Waals surface area contributed by atoms with Crippen LogP contribution in [0.1, 0.15) is 36.8 Å². The highest BCUT2D eigenvalue weighted by atomic mass is 32.2. The second kappa shape index (κ2) is 8.46. The van der Waals surface area contributed by atoms with Crippen LogP contribution in [0.4, 0.5) is 14.9 Å². The molecule has 1 aromatic heterocycles. The Kier molecular flexibility index (Phi) is 6.18. The molecule has 1 aromatic carbocycles. The zero-order valence-corrected chi connectivity index (χ0v) is 17.1. The minimum atomic E-state index is -3.63. The van der Waals surface area contributed by atoms with Gasteiger partial charge in [-0.25, -0.2) is 22.3 Å². The Morgan fingerprint density at radius 3 is 2.52 bits per heavy atom. The fourth-order valence-corrected chi connectivity index (χ4v) is 4.42. The zero-order valence-electron chi connectivity index (χ0n) is 16.3. The lowest BCUT2D eigenvalue weighted by atomic mass is 9.79. The maximum absolute atomic E-state index is 14.3. The fraction of sp³-hybridized carbons (Fsp3) is 0.400. The molecular formula is C20H24FN3O4S. The number of benzene rings is 1. The third-order valence-electron chi connectivity index (χ3n) is 5.04. The predicted molar refractivity (Wildman–Crippen MR) is 107 cm³/mol. The Morgan fingerprint density at radius 1 is 1.24 bits per heavy atom. The zero-order chi connectivity index (χ0) is 21.1. The van der Waals surface area contributed by atoms with Gasteiger partial charge in [-0.15, -0.1) is 0 Å². The average molecular weight is 421 g/mol. The maximum Gasteiger partial charge on any atom is 0.411 e. The molecule has 1 aliphatic rings. The second-order valence-corrected chi connectivity index (χ2v) is 9.06. The SMILES string of the molecule is COC(=O)Nc1cc(C(CCC2CC2)(NS(C)(=O)=O)c2ccncc2)ccc1F. The van der Waals surface area contributed by atoms with Crippen molar-refractivity contribution >= 4 is 21.8 Å². The number of carbonyl (C=O) groups excluding carboxylic acids is 1. The van der Waals surface area contributed by atoms with E-state index >= 15 is 0 Å². The summed E-state index contributed by atoms with van der Waals surface area (Å²) in [6.07, 6.45) is 6.97. The van der Waals surface area contributed by atoms with Crippen molar-refractivity contribution in [3.8, 4) is 0 Å². The summed E-state index contributed by atoms with van der Waals surface area (Å²) in [6.45, 7) is 0. The lowest BCUT2D eigenvalue weighted by Gasteiger charge is -2.36. The van der Waals surface area contributed by atoms with Gasteiger partial charge in [-0.3, -0.25) is 10.3 Å². The minimum Gasteiger partial charge on any atom is -0.453 e. The predicted octanol–water partition coefficient (Wildman–Crippen LogP) is 3.38. The number of aromatic nitrogens is 1. The van der Waals surface area contributed by atoms with E-state index in [4.69, 9.17) is 0 Å². The smallest absolute Gasteiger partial charge is 0.411 e. The van der Waals surface area contributed by atoms with E-state index < -0.39 is 27.5 Å². The molecule has 1 aliphatic carbocycles. The molecule has 0 radical (unpaired) electrons. The number of halogens is 1. The van der Waals surface area contributed by atoms with Gasteiger partial charge in [0.2, 0.25) is 10.0 Å². The quantitative estimate of drug-likeness (QED) is 0.681. The number of nitrogens with zero attached hydrogens (tertiary/aromatic N) is 1. The summed E-state index contributed by atoms with van der Waals surface area (Å²) in [7, 11) is -2.45. The third kappa shape index (κ3) is 5.30. The van der Waals surface area contributed by atoms with Gasteiger partial charge in [0.1, 0.15) is 5.82 Å².